The molecule has 3 heterocycles. The van der Waals surface area contributed by atoms with E-state index in [1.54, 1.807) is 30.6 Å². The first-order valence-electron chi connectivity index (χ1n) is 13.0. The van der Waals surface area contributed by atoms with Crippen molar-refractivity contribution >= 4 is 52.3 Å². The average molecular weight is 607 g/mol. The van der Waals surface area contributed by atoms with E-state index < -0.39 is 16.0 Å². The second-order valence-corrected chi connectivity index (χ2v) is 12.0. The normalized spacial score (nSPS) is 22.2. The monoisotopic (exact) mass is 605 g/mol. The molecule has 2 aliphatic heterocycles. The van der Waals surface area contributed by atoms with Crippen LogP contribution < -0.4 is 10.2 Å². The van der Waals surface area contributed by atoms with E-state index in [9.17, 15) is 9.90 Å². The van der Waals surface area contributed by atoms with Gasteiger partial charge >= 0.3 is 0 Å². The second-order valence-electron chi connectivity index (χ2n) is 9.76. The molecule has 12 heteroatoms. The first-order chi connectivity index (χ1) is 19.3. The van der Waals surface area contributed by atoms with E-state index in [1.807, 2.05) is 36.4 Å². The number of alkyl halides is 3. The number of carbonyl (C=O) groups is 1. The zero-order valence-electron chi connectivity index (χ0n) is 21.6. The summed E-state index contributed by atoms with van der Waals surface area (Å²) >= 11 is 17.2. The van der Waals surface area contributed by atoms with Gasteiger partial charge in [-0.2, -0.15) is 0 Å². The molecule has 2 saturated heterocycles. The number of rotatable bonds is 7. The van der Waals surface area contributed by atoms with Crippen LogP contribution in [-0.2, 0) is 20.9 Å². The van der Waals surface area contributed by atoms with Crippen molar-refractivity contribution in [3.63, 3.8) is 0 Å². The van der Waals surface area contributed by atoms with Crippen molar-refractivity contribution in [2.24, 2.45) is 0 Å². The molecule has 9 nitrogen and oxygen atoms in total. The number of amides is 1. The van der Waals surface area contributed by atoms with E-state index in [1.165, 1.54) is 0 Å². The molecule has 0 saturated carbocycles. The van der Waals surface area contributed by atoms with Crippen LogP contribution in [-0.4, -0.2) is 68.5 Å². The molecule has 40 heavy (non-hydrogen) atoms. The highest BCUT2D eigenvalue weighted by molar-refractivity contribution is 6.76. The highest BCUT2D eigenvalue weighted by atomic mass is 35.6. The van der Waals surface area contributed by atoms with Gasteiger partial charge < -0.3 is 24.8 Å². The number of nitrogens with zero attached hydrogens (tertiary/aromatic N) is 4. The van der Waals surface area contributed by atoms with Gasteiger partial charge in [0.15, 0.2) is 6.29 Å². The summed E-state index contributed by atoms with van der Waals surface area (Å²) in [6, 6.07) is 16.7. The number of aromatic nitrogens is 2. The Morgan fingerprint density at radius 2 is 1.70 bits per heavy atom. The third-order valence-electron chi connectivity index (χ3n) is 6.96. The maximum Gasteiger partial charge on any atom is 0.276 e. The number of benzene rings is 2. The van der Waals surface area contributed by atoms with Crippen LogP contribution in [0.3, 0.4) is 0 Å². The van der Waals surface area contributed by atoms with Gasteiger partial charge in [-0.1, -0.05) is 71.2 Å². The first-order valence-corrected chi connectivity index (χ1v) is 14.1. The summed E-state index contributed by atoms with van der Waals surface area (Å²) in [4.78, 5) is 25.5. The maximum absolute atomic E-state index is 12.2. The van der Waals surface area contributed by atoms with Crippen LogP contribution in [0.2, 0.25) is 0 Å². The fraction of sp³-hybridized carbons (Fsp3) is 0.393. The van der Waals surface area contributed by atoms with Crippen LogP contribution in [0.5, 0.6) is 0 Å². The van der Waals surface area contributed by atoms with E-state index in [2.05, 4.69) is 25.1 Å². The van der Waals surface area contributed by atoms with Gasteiger partial charge in [0, 0.05) is 62.8 Å². The molecular formula is C28H30Cl3N5O4. The molecule has 0 unspecified atom stereocenters. The van der Waals surface area contributed by atoms with Gasteiger partial charge in [-0.25, -0.2) is 9.97 Å². The molecule has 1 aromatic heterocycles. The minimum absolute atomic E-state index is 0.0210. The van der Waals surface area contributed by atoms with Crippen molar-refractivity contribution in [1.29, 1.82) is 0 Å². The average Bonchev–Trinajstić information content (AvgIpc) is 2.97. The molecule has 3 atom stereocenters. The Kier molecular flexibility index (Phi) is 9.42. The van der Waals surface area contributed by atoms with Crippen LogP contribution in [0.4, 0.5) is 11.6 Å². The number of halogens is 3. The third kappa shape index (κ3) is 7.41. The lowest BCUT2D eigenvalue weighted by Gasteiger charge is -2.40. The highest BCUT2D eigenvalue weighted by Gasteiger charge is 2.35. The summed E-state index contributed by atoms with van der Waals surface area (Å²) in [7, 11) is 0. The maximum atomic E-state index is 12.2. The fourth-order valence-electron chi connectivity index (χ4n) is 4.87. The molecule has 212 valence electrons. The van der Waals surface area contributed by atoms with Crippen molar-refractivity contribution in [2.45, 2.75) is 35.3 Å². The zero-order chi connectivity index (χ0) is 28.1. The summed E-state index contributed by atoms with van der Waals surface area (Å²) in [5.74, 6) is -0.00228. The summed E-state index contributed by atoms with van der Waals surface area (Å²) in [5.41, 5.74) is 3.03. The smallest absolute Gasteiger partial charge is 0.276 e. The van der Waals surface area contributed by atoms with Gasteiger partial charge in [-0.05, 0) is 29.3 Å². The topological polar surface area (TPSA) is 100 Å². The standard InChI is InChI=1S/C28H30Cl3N5O4/c29-28(30,31)26(38)34-22-4-1-3-21(15-22)25-39-23(16-24(40-25)20-7-5-19(18-37)6-8-20)17-35-11-13-36(14-12-35)27-32-9-2-10-33-27/h1-10,15,23-25,37H,11-14,16-18H2,(H,34,38)/t23-,24+,25+/m1/s1. The van der Waals surface area contributed by atoms with Crippen LogP contribution in [0.15, 0.2) is 67.0 Å². The van der Waals surface area contributed by atoms with Crippen LogP contribution in [0.1, 0.15) is 35.5 Å². The number of aliphatic hydroxyl groups is 1. The SMILES string of the molecule is O=C(Nc1cccc([C@H]2O[C@@H](CN3CCN(c4ncccn4)CC3)C[C@@H](c3ccc(CO)cc3)O2)c1)C(Cl)(Cl)Cl. The van der Waals surface area contributed by atoms with Crippen molar-refractivity contribution in [1.82, 2.24) is 14.9 Å². The van der Waals surface area contributed by atoms with Gasteiger partial charge in [0.2, 0.25) is 5.95 Å². The van der Waals surface area contributed by atoms with E-state index in [0.717, 1.165) is 55.4 Å². The number of carbonyl (C=O) groups excluding carboxylic acids is 1. The summed E-state index contributed by atoms with van der Waals surface area (Å²) in [6.07, 6.45) is 3.17. The molecule has 0 aliphatic carbocycles. The predicted octanol–water partition coefficient (Wildman–Crippen LogP) is 4.65. The summed E-state index contributed by atoms with van der Waals surface area (Å²) in [5, 5.41) is 12.1. The fourth-order valence-corrected chi connectivity index (χ4v) is 5.01. The number of ether oxygens (including phenoxy) is 2. The third-order valence-corrected chi connectivity index (χ3v) is 7.47. The Morgan fingerprint density at radius 3 is 2.38 bits per heavy atom. The molecule has 5 rings (SSSR count). The van der Waals surface area contributed by atoms with Crippen molar-refractivity contribution in [3.05, 3.63) is 83.7 Å². The van der Waals surface area contributed by atoms with Gasteiger partial charge in [0.1, 0.15) is 0 Å². The number of anilines is 2. The van der Waals surface area contributed by atoms with E-state index in [0.29, 0.717) is 12.1 Å². The first kappa shape index (κ1) is 29.0. The Balaban J connectivity index is 1.30. The summed E-state index contributed by atoms with van der Waals surface area (Å²) in [6.45, 7) is 4.09. The van der Waals surface area contributed by atoms with Gasteiger partial charge in [0.25, 0.3) is 9.70 Å². The molecule has 1 amide bonds. The molecule has 2 aliphatic rings. The second kappa shape index (κ2) is 13.0. The quantitative estimate of drug-likeness (QED) is 0.375. The molecular weight excluding hydrogens is 577 g/mol. The number of piperazine rings is 1. The lowest BCUT2D eigenvalue weighted by atomic mass is 9.99. The highest BCUT2D eigenvalue weighted by Crippen LogP contribution is 2.39. The molecule has 0 radical (unpaired) electrons. The van der Waals surface area contributed by atoms with E-state index in [4.69, 9.17) is 44.3 Å². The van der Waals surface area contributed by atoms with Gasteiger partial charge in [-0.15, -0.1) is 0 Å². The van der Waals surface area contributed by atoms with Gasteiger partial charge in [-0.3, -0.25) is 9.69 Å². The predicted molar refractivity (Wildman–Crippen MR) is 154 cm³/mol. The Labute approximate surface area is 248 Å². The van der Waals surface area contributed by atoms with Gasteiger partial charge in [0.05, 0.1) is 18.8 Å². The van der Waals surface area contributed by atoms with Crippen LogP contribution >= 0.6 is 34.8 Å². The molecule has 0 spiro atoms. The lowest BCUT2D eigenvalue weighted by molar-refractivity contribution is -0.253. The Hall–Kier alpha value is -2.50. The minimum Gasteiger partial charge on any atom is -0.392 e. The number of aliphatic hydroxyl groups excluding tert-OH is 1. The van der Waals surface area contributed by atoms with Crippen molar-refractivity contribution in [3.8, 4) is 0 Å². The molecule has 2 fully saturated rings. The van der Waals surface area contributed by atoms with Crippen molar-refractivity contribution < 1.29 is 19.4 Å². The Morgan fingerprint density at radius 1 is 0.975 bits per heavy atom. The summed E-state index contributed by atoms with van der Waals surface area (Å²) < 4.78 is 10.8. The molecule has 3 aromatic rings. The largest absolute Gasteiger partial charge is 0.392 e. The molecule has 2 aromatic carbocycles. The molecule has 2 N–H and O–H groups in total. The number of hydrogen-bond donors (Lipinski definition) is 2. The minimum atomic E-state index is -2.08. The van der Waals surface area contributed by atoms with Crippen LogP contribution in [0.25, 0.3) is 0 Å². The Bertz CT molecular complexity index is 1270. The number of hydrogen-bond acceptors (Lipinski definition) is 8. The zero-order valence-corrected chi connectivity index (χ0v) is 23.9. The molecule has 0 bridgehead atoms. The van der Waals surface area contributed by atoms with E-state index in [-0.39, 0.29) is 18.8 Å². The lowest BCUT2D eigenvalue weighted by Crippen LogP contribution is -2.50. The van der Waals surface area contributed by atoms with Crippen LogP contribution in [0, 0.1) is 0 Å². The number of nitrogens with one attached hydrogen (secondary N) is 1. The van der Waals surface area contributed by atoms with Crippen molar-refractivity contribution in [2.75, 3.05) is 42.9 Å². The van der Waals surface area contributed by atoms with E-state index >= 15 is 0 Å².